The number of carbonyl (C=O) groups excluding carboxylic acids is 1. The molecule has 0 aromatic heterocycles. The maximum absolute atomic E-state index is 12.4. The van der Waals surface area contributed by atoms with Gasteiger partial charge < -0.3 is 15.0 Å². The van der Waals surface area contributed by atoms with Gasteiger partial charge in [0.2, 0.25) is 0 Å². The Morgan fingerprint density at radius 1 is 1.00 bits per heavy atom. The molecular formula is C22H31N2O2+. The quantitative estimate of drug-likeness (QED) is 0.644. The van der Waals surface area contributed by atoms with Crippen molar-refractivity contribution in [3.8, 4) is 5.75 Å². The lowest BCUT2D eigenvalue weighted by atomic mass is 10.1. The summed E-state index contributed by atoms with van der Waals surface area (Å²) in [5.74, 6) is 0.756. The Kier molecular flexibility index (Phi) is 8.16. The monoisotopic (exact) mass is 355 g/mol. The van der Waals surface area contributed by atoms with Crippen LogP contribution in [-0.4, -0.2) is 26.6 Å². The second-order valence-electron chi connectivity index (χ2n) is 6.92. The maximum atomic E-state index is 12.4. The molecule has 4 heteroatoms. The zero-order chi connectivity index (χ0) is 18.8. The van der Waals surface area contributed by atoms with E-state index in [1.54, 1.807) is 0 Å². The molecule has 0 radical (unpaired) electrons. The van der Waals surface area contributed by atoms with Gasteiger partial charge in [-0.3, -0.25) is 4.79 Å². The van der Waals surface area contributed by atoms with Gasteiger partial charge in [0.15, 0.2) is 0 Å². The van der Waals surface area contributed by atoms with E-state index >= 15 is 0 Å². The highest BCUT2D eigenvalue weighted by molar-refractivity contribution is 5.94. The Hall–Kier alpha value is -2.33. The summed E-state index contributed by atoms with van der Waals surface area (Å²) >= 11 is 0. The summed E-state index contributed by atoms with van der Waals surface area (Å²) in [5, 5.41) is 3.02. The first-order chi connectivity index (χ1) is 12.6. The van der Waals surface area contributed by atoms with Crippen LogP contribution in [0.15, 0.2) is 48.5 Å². The fourth-order valence-electron chi connectivity index (χ4n) is 2.81. The molecule has 140 valence electrons. The smallest absolute Gasteiger partial charge is 0.251 e. The lowest BCUT2D eigenvalue weighted by molar-refractivity contribution is -0.872. The summed E-state index contributed by atoms with van der Waals surface area (Å²) in [5.41, 5.74) is 3.09. The molecule has 2 aromatic carbocycles. The van der Waals surface area contributed by atoms with E-state index in [2.05, 4.69) is 38.5 Å². The van der Waals surface area contributed by atoms with E-state index in [-0.39, 0.29) is 5.91 Å². The number of benzene rings is 2. The molecule has 26 heavy (non-hydrogen) atoms. The molecule has 0 aliphatic carbocycles. The topological polar surface area (TPSA) is 42.8 Å². The van der Waals surface area contributed by atoms with Gasteiger partial charge >= 0.3 is 0 Å². The minimum absolute atomic E-state index is 0.0606. The number of hydrogen-bond donors (Lipinski definition) is 2. The summed E-state index contributed by atoms with van der Waals surface area (Å²) in [6.45, 7) is 4.38. The van der Waals surface area contributed by atoms with Crippen LogP contribution in [0.25, 0.3) is 0 Å². The molecule has 2 N–H and O–H groups in total. The second-order valence-corrected chi connectivity index (χ2v) is 6.92. The number of quaternary nitrogens is 1. The lowest BCUT2D eigenvalue weighted by Gasteiger charge is -2.13. The van der Waals surface area contributed by atoms with Crippen molar-refractivity contribution in [3.05, 3.63) is 65.2 Å². The Morgan fingerprint density at radius 2 is 1.69 bits per heavy atom. The van der Waals surface area contributed by atoms with E-state index < -0.39 is 0 Å². The molecule has 0 bridgehead atoms. The van der Waals surface area contributed by atoms with Gasteiger partial charge in [-0.2, -0.15) is 0 Å². The number of carbonyl (C=O) groups is 1. The van der Waals surface area contributed by atoms with Gasteiger partial charge in [-0.1, -0.05) is 44.0 Å². The first-order valence-corrected chi connectivity index (χ1v) is 9.47. The predicted octanol–water partition coefficient (Wildman–Crippen LogP) is 2.83. The summed E-state index contributed by atoms with van der Waals surface area (Å²) < 4.78 is 5.69. The molecule has 0 aliphatic heterocycles. The molecule has 0 heterocycles. The molecule has 4 nitrogen and oxygen atoms in total. The number of amides is 1. The van der Waals surface area contributed by atoms with Crippen LogP contribution in [-0.2, 0) is 13.1 Å². The molecule has 0 aliphatic rings. The third-order valence-corrected chi connectivity index (χ3v) is 4.23. The molecule has 2 aromatic rings. The standard InChI is InChI=1S/C22H30N2O2/c1-4-5-8-15-26-21-13-11-18(12-14-21)22(25)23-16-19-9-6-7-10-20(19)17-24(2)3/h6-7,9-14H,4-5,8,15-17H2,1-3H3,(H,23,25)/p+1. The molecule has 0 spiro atoms. The molecule has 1 amide bonds. The molecule has 0 saturated carbocycles. The normalized spacial score (nSPS) is 10.8. The number of nitrogens with one attached hydrogen (secondary N) is 2. The van der Waals surface area contributed by atoms with Crippen LogP contribution in [0.3, 0.4) is 0 Å². The van der Waals surface area contributed by atoms with Crippen LogP contribution in [0.2, 0.25) is 0 Å². The van der Waals surface area contributed by atoms with E-state index in [1.807, 2.05) is 36.4 Å². The van der Waals surface area contributed by atoms with Crippen molar-refractivity contribution in [1.29, 1.82) is 0 Å². The number of ether oxygens (including phenoxy) is 1. The van der Waals surface area contributed by atoms with Crippen LogP contribution >= 0.6 is 0 Å². The Labute approximate surface area is 157 Å². The van der Waals surface area contributed by atoms with E-state index in [4.69, 9.17) is 4.74 Å². The Bertz CT molecular complexity index is 681. The highest BCUT2D eigenvalue weighted by Gasteiger charge is 2.09. The molecule has 0 fully saturated rings. The van der Waals surface area contributed by atoms with Gasteiger partial charge in [0.1, 0.15) is 12.3 Å². The van der Waals surface area contributed by atoms with Gasteiger partial charge in [-0.05, 0) is 36.2 Å². The van der Waals surface area contributed by atoms with Gasteiger partial charge in [0, 0.05) is 17.7 Å². The van der Waals surface area contributed by atoms with Crippen molar-refractivity contribution < 1.29 is 14.4 Å². The summed E-state index contributed by atoms with van der Waals surface area (Å²) in [6, 6.07) is 15.6. The van der Waals surface area contributed by atoms with Gasteiger partial charge in [0.05, 0.1) is 20.7 Å². The SMILES string of the molecule is CCCCCOc1ccc(C(=O)NCc2ccccc2C[NH+](C)C)cc1. The minimum Gasteiger partial charge on any atom is -0.494 e. The molecular weight excluding hydrogens is 324 g/mol. The largest absolute Gasteiger partial charge is 0.494 e. The number of rotatable bonds is 10. The van der Waals surface area contributed by atoms with Crippen LogP contribution in [0.5, 0.6) is 5.75 Å². The van der Waals surface area contributed by atoms with E-state index in [0.29, 0.717) is 12.1 Å². The van der Waals surface area contributed by atoms with Crippen molar-refractivity contribution in [3.63, 3.8) is 0 Å². The fourth-order valence-corrected chi connectivity index (χ4v) is 2.81. The average Bonchev–Trinajstić information content (AvgIpc) is 2.64. The van der Waals surface area contributed by atoms with Crippen LogP contribution in [0, 0.1) is 0 Å². The highest BCUT2D eigenvalue weighted by Crippen LogP contribution is 2.13. The predicted molar refractivity (Wildman–Crippen MR) is 106 cm³/mol. The summed E-state index contributed by atoms with van der Waals surface area (Å²) in [4.78, 5) is 13.8. The zero-order valence-electron chi connectivity index (χ0n) is 16.2. The molecule has 0 unspecified atom stereocenters. The fraction of sp³-hybridized carbons (Fsp3) is 0.409. The molecule has 2 rings (SSSR count). The van der Waals surface area contributed by atoms with Crippen molar-refractivity contribution in [2.75, 3.05) is 20.7 Å². The van der Waals surface area contributed by atoms with E-state index in [1.165, 1.54) is 23.3 Å². The van der Waals surface area contributed by atoms with Gasteiger partial charge in [-0.25, -0.2) is 0 Å². The molecule has 0 atom stereocenters. The number of hydrogen-bond acceptors (Lipinski definition) is 2. The average molecular weight is 356 g/mol. The first kappa shape index (κ1) is 20.0. The van der Waals surface area contributed by atoms with Gasteiger partial charge in [0.25, 0.3) is 5.91 Å². The zero-order valence-corrected chi connectivity index (χ0v) is 16.2. The van der Waals surface area contributed by atoms with Crippen LogP contribution in [0.1, 0.15) is 47.7 Å². The van der Waals surface area contributed by atoms with Crippen molar-refractivity contribution in [1.82, 2.24) is 5.32 Å². The van der Waals surface area contributed by atoms with Crippen molar-refractivity contribution in [2.24, 2.45) is 0 Å². The van der Waals surface area contributed by atoms with Crippen LogP contribution < -0.4 is 15.0 Å². The van der Waals surface area contributed by atoms with E-state index in [9.17, 15) is 4.79 Å². The second kappa shape index (κ2) is 10.6. The van der Waals surface area contributed by atoms with Crippen molar-refractivity contribution >= 4 is 5.91 Å². The van der Waals surface area contributed by atoms with E-state index in [0.717, 1.165) is 30.9 Å². The number of unbranched alkanes of at least 4 members (excludes halogenated alkanes) is 2. The summed E-state index contributed by atoms with van der Waals surface area (Å²) in [6.07, 6.45) is 3.42. The van der Waals surface area contributed by atoms with Gasteiger partial charge in [-0.15, -0.1) is 0 Å². The maximum Gasteiger partial charge on any atom is 0.251 e. The van der Waals surface area contributed by atoms with Crippen molar-refractivity contribution in [2.45, 2.75) is 39.3 Å². The lowest BCUT2D eigenvalue weighted by Crippen LogP contribution is -3.04. The third-order valence-electron chi connectivity index (χ3n) is 4.23. The Balaban J connectivity index is 1.88. The molecule has 0 saturated heterocycles. The minimum atomic E-state index is -0.0606. The summed E-state index contributed by atoms with van der Waals surface area (Å²) in [7, 11) is 4.25. The third kappa shape index (κ3) is 6.52. The Morgan fingerprint density at radius 3 is 2.35 bits per heavy atom. The van der Waals surface area contributed by atoms with Crippen LogP contribution in [0.4, 0.5) is 0 Å². The highest BCUT2D eigenvalue weighted by atomic mass is 16.5. The first-order valence-electron chi connectivity index (χ1n) is 9.47.